The second kappa shape index (κ2) is 7.51. The molecule has 0 saturated carbocycles. The fraction of sp³-hybridized carbons (Fsp3) is 0.933. The van der Waals surface area contributed by atoms with Gasteiger partial charge in [0.15, 0.2) is 0 Å². The third kappa shape index (κ3) is 7.21. The van der Waals surface area contributed by atoms with E-state index in [1.165, 1.54) is 0 Å². The molecule has 0 aromatic heterocycles. The van der Waals surface area contributed by atoms with E-state index < -0.39 is 18.9 Å². The maximum absolute atomic E-state index is 13.2. The lowest BCUT2D eigenvalue weighted by molar-refractivity contribution is 0.0493. The van der Waals surface area contributed by atoms with Crippen molar-refractivity contribution in [2.75, 3.05) is 40.4 Å². The largest absolute Gasteiger partial charge is 0.458 e. The Bertz CT molecular complexity index is 448. The Labute approximate surface area is 140 Å². The van der Waals surface area contributed by atoms with Crippen LogP contribution in [0.2, 0.25) is 0 Å². The van der Waals surface area contributed by atoms with Gasteiger partial charge in [-0.25, -0.2) is 4.57 Å². The van der Waals surface area contributed by atoms with Crippen LogP contribution in [0.3, 0.4) is 0 Å². The Kier molecular flexibility index (Phi) is 6.67. The molecule has 1 rings (SSSR count). The van der Waals surface area contributed by atoms with E-state index in [-0.39, 0.29) is 0 Å². The van der Waals surface area contributed by atoms with E-state index in [4.69, 9.17) is 13.8 Å². The molecule has 0 atom stereocenters. The van der Waals surface area contributed by atoms with Crippen LogP contribution in [0, 0.1) is 0 Å². The number of methoxy groups -OCH3 is 1. The molecule has 0 amide bonds. The van der Waals surface area contributed by atoms with Gasteiger partial charge in [-0.3, -0.25) is 9.05 Å². The summed E-state index contributed by atoms with van der Waals surface area (Å²) in [5.41, 5.74) is -1.25. The average molecular weight is 349 g/mol. The highest BCUT2D eigenvalue weighted by atomic mass is 31.2. The molecule has 0 bridgehead atoms. The summed E-state index contributed by atoms with van der Waals surface area (Å²) in [6.45, 7) is 13.9. The first-order chi connectivity index (χ1) is 10.4. The molecule has 1 aliphatic rings. The van der Waals surface area contributed by atoms with Gasteiger partial charge in [0.1, 0.15) is 0 Å². The number of likely N-dealkylation sites (N-methyl/N-ethyl adjacent to an activating group) is 1. The van der Waals surface area contributed by atoms with Gasteiger partial charge in [-0.1, -0.05) is 0 Å². The highest BCUT2D eigenvalue weighted by Crippen LogP contribution is 2.56. The van der Waals surface area contributed by atoms with Crippen molar-refractivity contribution >= 4 is 13.7 Å². The van der Waals surface area contributed by atoms with Crippen molar-refractivity contribution in [1.82, 2.24) is 9.80 Å². The molecule has 0 radical (unpaired) electrons. The second-order valence-corrected chi connectivity index (χ2v) is 9.18. The molecular formula is C15H32N3O4P. The zero-order valence-corrected chi connectivity index (χ0v) is 16.6. The first-order valence-corrected chi connectivity index (χ1v) is 9.42. The van der Waals surface area contributed by atoms with Gasteiger partial charge < -0.3 is 14.5 Å². The summed E-state index contributed by atoms with van der Waals surface area (Å²) in [5, 5.41) is 0. The summed E-state index contributed by atoms with van der Waals surface area (Å²) in [4.78, 5) is 3.99. The van der Waals surface area contributed by atoms with Crippen LogP contribution in [0.5, 0.6) is 0 Å². The summed E-state index contributed by atoms with van der Waals surface area (Å²) >= 11 is 0. The van der Waals surface area contributed by atoms with Crippen LogP contribution in [-0.2, 0) is 18.3 Å². The van der Waals surface area contributed by atoms with E-state index >= 15 is 0 Å². The first-order valence-electron chi connectivity index (χ1n) is 7.92. The number of ether oxygens (including phenoxy) is 1. The molecule has 7 nitrogen and oxygen atoms in total. The molecule has 1 fully saturated rings. The molecule has 23 heavy (non-hydrogen) atoms. The van der Waals surface area contributed by atoms with Gasteiger partial charge in [-0.15, -0.1) is 4.76 Å². The van der Waals surface area contributed by atoms with Gasteiger partial charge in [0.2, 0.25) is 5.96 Å². The molecule has 0 N–H and O–H groups in total. The quantitative estimate of drug-likeness (QED) is 0.687. The number of nitrogens with zero attached hydrogens (tertiary/aromatic N) is 3. The topological polar surface area (TPSA) is 63.6 Å². The third-order valence-electron chi connectivity index (χ3n) is 2.89. The Balaban J connectivity index is 3.11. The number of rotatable bonds is 6. The Morgan fingerprint density at radius 2 is 1.61 bits per heavy atom. The molecule has 8 heteroatoms. The van der Waals surface area contributed by atoms with Crippen LogP contribution in [0.1, 0.15) is 41.5 Å². The van der Waals surface area contributed by atoms with Crippen LogP contribution in [0.25, 0.3) is 0 Å². The monoisotopic (exact) mass is 349 g/mol. The Morgan fingerprint density at radius 1 is 1.09 bits per heavy atom. The predicted molar refractivity (Wildman–Crippen MR) is 92.8 cm³/mol. The highest BCUT2D eigenvalue weighted by molar-refractivity contribution is 7.52. The lowest BCUT2D eigenvalue weighted by Crippen LogP contribution is -2.34. The van der Waals surface area contributed by atoms with Gasteiger partial charge in [0.25, 0.3) is 0 Å². The van der Waals surface area contributed by atoms with E-state index in [0.717, 1.165) is 13.1 Å². The number of guanidine groups is 1. The van der Waals surface area contributed by atoms with E-state index in [9.17, 15) is 4.57 Å². The van der Waals surface area contributed by atoms with Crippen molar-refractivity contribution in [3.8, 4) is 0 Å². The maximum Gasteiger partial charge on any atom is 0.458 e. The SMILES string of the molecule is COCCN1CCN(C)/C1=N/P(=O)(OC(C)(C)C)OC(C)(C)C. The molecular weight excluding hydrogens is 317 g/mol. The molecule has 1 aliphatic heterocycles. The summed E-state index contributed by atoms with van der Waals surface area (Å²) in [6, 6.07) is 0. The predicted octanol–water partition coefficient (Wildman–Crippen LogP) is 2.97. The van der Waals surface area contributed by atoms with E-state index in [1.54, 1.807) is 7.11 Å². The minimum absolute atomic E-state index is 0.581. The summed E-state index contributed by atoms with van der Waals surface area (Å²) in [7, 11) is -0.0742. The van der Waals surface area contributed by atoms with Crippen LogP contribution in [-0.4, -0.2) is 67.4 Å². The molecule has 136 valence electrons. The minimum atomic E-state index is -3.65. The number of hydrogen-bond acceptors (Lipinski definition) is 4. The minimum Gasteiger partial charge on any atom is -0.383 e. The summed E-state index contributed by atoms with van der Waals surface area (Å²) in [6.07, 6.45) is 0. The van der Waals surface area contributed by atoms with E-state index in [1.807, 2.05) is 58.4 Å². The fourth-order valence-electron chi connectivity index (χ4n) is 2.13. The number of hydrogen-bond donors (Lipinski definition) is 0. The van der Waals surface area contributed by atoms with Crippen LogP contribution in [0.15, 0.2) is 4.76 Å². The maximum atomic E-state index is 13.2. The van der Waals surface area contributed by atoms with Crippen molar-refractivity contribution in [1.29, 1.82) is 0 Å². The van der Waals surface area contributed by atoms with Crippen molar-refractivity contribution in [2.24, 2.45) is 4.76 Å². The molecule has 1 saturated heterocycles. The zero-order valence-electron chi connectivity index (χ0n) is 15.8. The molecule has 0 unspecified atom stereocenters. The van der Waals surface area contributed by atoms with Crippen molar-refractivity contribution in [3.63, 3.8) is 0 Å². The molecule has 0 aromatic carbocycles. The van der Waals surface area contributed by atoms with Gasteiger partial charge >= 0.3 is 7.75 Å². The molecule has 1 heterocycles. The average Bonchev–Trinajstić information content (AvgIpc) is 2.63. The lowest BCUT2D eigenvalue weighted by Gasteiger charge is -2.30. The van der Waals surface area contributed by atoms with Gasteiger partial charge in [-0.2, -0.15) is 0 Å². The first kappa shape index (κ1) is 20.4. The normalized spacial score (nSPS) is 19.0. The van der Waals surface area contributed by atoms with Gasteiger partial charge in [0.05, 0.1) is 17.8 Å². The fourth-order valence-corrected chi connectivity index (χ4v) is 4.13. The van der Waals surface area contributed by atoms with Crippen molar-refractivity contribution in [3.05, 3.63) is 0 Å². The van der Waals surface area contributed by atoms with Crippen molar-refractivity contribution < 1.29 is 18.3 Å². The lowest BCUT2D eigenvalue weighted by atomic mass is 10.2. The summed E-state index contributed by atoms with van der Waals surface area (Å²) in [5.74, 6) is 0.624. The third-order valence-corrected chi connectivity index (χ3v) is 4.87. The highest BCUT2D eigenvalue weighted by Gasteiger charge is 2.38. The Morgan fingerprint density at radius 3 is 2.04 bits per heavy atom. The smallest absolute Gasteiger partial charge is 0.383 e. The van der Waals surface area contributed by atoms with Crippen LogP contribution >= 0.6 is 7.75 Å². The van der Waals surface area contributed by atoms with Crippen LogP contribution < -0.4 is 0 Å². The van der Waals surface area contributed by atoms with Crippen LogP contribution in [0.4, 0.5) is 0 Å². The van der Waals surface area contributed by atoms with Gasteiger partial charge in [-0.05, 0) is 41.5 Å². The van der Waals surface area contributed by atoms with E-state index in [0.29, 0.717) is 19.1 Å². The molecule has 0 aliphatic carbocycles. The van der Waals surface area contributed by atoms with Gasteiger partial charge in [0, 0.05) is 33.8 Å². The molecule has 0 spiro atoms. The summed E-state index contributed by atoms with van der Waals surface area (Å²) < 4.78 is 34.2. The van der Waals surface area contributed by atoms with Crippen molar-refractivity contribution in [2.45, 2.75) is 52.7 Å². The zero-order chi connectivity index (χ0) is 17.9. The Hall–Kier alpha value is -0.620. The van der Waals surface area contributed by atoms with E-state index in [2.05, 4.69) is 4.76 Å². The standard InChI is InChI=1S/C15H32N3O4P/c1-14(2,3)21-23(19,22-15(4,5)6)16-13-17(7)9-10-18(13)11-12-20-8/h9-12H2,1-8H3/b16-13-. The second-order valence-electron chi connectivity index (χ2n) is 7.68. The molecule has 0 aromatic rings.